The second-order valence-corrected chi connectivity index (χ2v) is 5.96. The van der Waals surface area contributed by atoms with Crippen molar-refractivity contribution >= 4 is 21.4 Å². The fourth-order valence-corrected chi connectivity index (χ4v) is 3.59. The normalized spacial score (nSPS) is 25.2. The van der Waals surface area contributed by atoms with E-state index in [1.165, 1.54) is 21.4 Å². The van der Waals surface area contributed by atoms with E-state index in [1.54, 1.807) is 0 Å². The number of benzene rings is 1. The van der Waals surface area contributed by atoms with Crippen LogP contribution < -0.4 is 5.32 Å². The maximum atomic E-state index is 6.00. The smallest absolute Gasteiger partial charge is 0.104 e. The Morgan fingerprint density at radius 1 is 1.39 bits per heavy atom. The Labute approximate surface area is 112 Å². The van der Waals surface area contributed by atoms with Crippen LogP contribution in [0.15, 0.2) is 30.3 Å². The Morgan fingerprint density at radius 2 is 2.28 bits per heavy atom. The van der Waals surface area contributed by atoms with Crippen molar-refractivity contribution < 1.29 is 4.74 Å². The minimum Gasteiger partial charge on any atom is -0.371 e. The molecule has 0 saturated carbocycles. The van der Waals surface area contributed by atoms with Crippen LogP contribution in [0.4, 0.5) is 0 Å². The van der Waals surface area contributed by atoms with Crippen molar-refractivity contribution in [2.24, 2.45) is 0 Å². The zero-order valence-electron chi connectivity index (χ0n) is 10.7. The molecule has 1 aromatic heterocycles. The average Bonchev–Trinajstić information content (AvgIpc) is 2.68. The summed E-state index contributed by atoms with van der Waals surface area (Å²) in [6.07, 6.45) is 2.53. The van der Waals surface area contributed by atoms with Crippen LogP contribution in [0.3, 0.4) is 0 Å². The molecule has 2 unspecified atom stereocenters. The van der Waals surface area contributed by atoms with Gasteiger partial charge in [-0.25, -0.2) is 0 Å². The molecule has 1 saturated heterocycles. The molecule has 2 heterocycles. The zero-order chi connectivity index (χ0) is 12.4. The zero-order valence-corrected chi connectivity index (χ0v) is 11.5. The van der Waals surface area contributed by atoms with Crippen LogP contribution in [-0.2, 0) is 4.74 Å². The van der Waals surface area contributed by atoms with Crippen molar-refractivity contribution in [3.63, 3.8) is 0 Å². The lowest BCUT2D eigenvalue weighted by molar-refractivity contribution is 0.0688. The number of hydrogen-bond donors (Lipinski definition) is 1. The van der Waals surface area contributed by atoms with E-state index in [4.69, 9.17) is 4.74 Å². The van der Waals surface area contributed by atoms with Crippen molar-refractivity contribution in [3.8, 4) is 0 Å². The average molecular weight is 261 g/mol. The van der Waals surface area contributed by atoms with Gasteiger partial charge in [-0.1, -0.05) is 25.1 Å². The standard InChI is InChI=1S/C15H19NOS/c1-2-12-7-8-17-13(10-16-12)15-9-11-5-3-4-6-14(11)18-15/h3-6,9,12-13,16H,2,7-8,10H2,1H3. The summed E-state index contributed by atoms with van der Waals surface area (Å²) in [6, 6.07) is 11.4. The maximum absolute atomic E-state index is 6.00. The summed E-state index contributed by atoms with van der Waals surface area (Å²) >= 11 is 1.86. The molecule has 1 fully saturated rings. The monoisotopic (exact) mass is 261 g/mol. The van der Waals surface area contributed by atoms with Crippen LogP contribution >= 0.6 is 11.3 Å². The van der Waals surface area contributed by atoms with Gasteiger partial charge in [0.05, 0.1) is 0 Å². The van der Waals surface area contributed by atoms with Crippen molar-refractivity contribution in [2.75, 3.05) is 13.2 Å². The largest absolute Gasteiger partial charge is 0.371 e. The Bertz CT molecular complexity index is 489. The quantitative estimate of drug-likeness (QED) is 0.889. The summed E-state index contributed by atoms with van der Waals surface area (Å²) < 4.78 is 7.35. The molecule has 0 aliphatic carbocycles. The topological polar surface area (TPSA) is 21.3 Å². The Morgan fingerprint density at radius 3 is 3.11 bits per heavy atom. The molecule has 3 heteroatoms. The third-order valence-corrected chi connectivity index (χ3v) is 4.84. The predicted octanol–water partition coefficient (Wildman–Crippen LogP) is 3.73. The van der Waals surface area contributed by atoms with Crippen LogP contribution in [0.25, 0.3) is 10.1 Å². The van der Waals surface area contributed by atoms with Gasteiger partial charge in [-0.15, -0.1) is 11.3 Å². The molecule has 2 atom stereocenters. The van der Waals surface area contributed by atoms with Crippen LogP contribution in [0.1, 0.15) is 30.7 Å². The van der Waals surface area contributed by atoms with E-state index >= 15 is 0 Å². The van der Waals surface area contributed by atoms with Crippen molar-refractivity contribution in [1.29, 1.82) is 0 Å². The minimum absolute atomic E-state index is 0.221. The van der Waals surface area contributed by atoms with Crippen molar-refractivity contribution in [1.82, 2.24) is 5.32 Å². The molecular formula is C15H19NOS. The minimum atomic E-state index is 0.221. The molecule has 0 bridgehead atoms. The van der Waals surface area contributed by atoms with Gasteiger partial charge in [0.1, 0.15) is 6.10 Å². The molecule has 0 spiro atoms. The highest BCUT2D eigenvalue weighted by molar-refractivity contribution is 7.19. The molecule has 1 aromatic carbocycles. The number of rotatable bonds is 2. The fraction of sp³-hybridized carbons (Fsp3) is 0.467. The van der Waals surface area contributed by atoms with Gasteiger partial charge < -0.3 is 10.1 Å². The SMILES string of the molecule is CCC1CCOC(c2cc3ccccc3s2)CN1. The van der Waals surface area contributed by atoms with Gasteiger partial charge in [-0.3, -0.25) is 0 Å². The van der Waals surface area contributed by atoms with Gasteiger partial charge in [0.25, 0.3) is 0 Å². The van der Waals surface area contributed by atoms with Crippen LogP contribution in [-0.4, -0.2) is 19.2 Å². The summed E-state index contributed by atoms with van der Waals surface area (Å²) in [4.78, 5) is 1.35. The molecule has 2 nitrogen and oxygen atoms in total. The van der Waals surface area contributed by atoms with E-state index in [9.17, 15) is 0 Å². The molecule has 0 amide bonds. The van der Waals surface area contributed by atoms with Gasteiger partial charge in [0, 0.05) is 28.8 Å². The Hall–Kier alpha value is -0.900. The molecular weight excluding hydrogens is 242 g/mol. The molecule has 1 N–H and O–H groups in total. The Kier molecular flexibility index (Phi) is 3.64. The highest BCUT2D eigenvalue weighted by Gasteiger charge is 2.20. The van der Waals surface area contributed by atoms with Gasteiger partial charge in [0.15, 0.2) is 0 Å². The lowest BCUT2D eigenvalue weighted by Gasteiger charge is -2.14. The first-order chi connectivity index (χ1) is 8.86. The number of thiophene rings is 1. The van der Waals surface area contributed by atoms with Gasteiger partial charge >= 0.3 is 0 Å². The lowest BCUT2D eigenvalue weighted by atomic mass is 10.1. The number of nitrogens with one attached hydrogen (secondary N) is 1. The summed E-state index contributed by atoms with van der Waals surface area (Å²) in [7, 11) is 0. The van der Waals surface area contributed by atoms with E-state index < -0.39 is 0 Å². The third-order valence-electron chi connectivity index (χ3n) is 3.63. The van der Waals surface area contributed by atoms with Crippen LogP contribution in [0, 0.1) is 0 Å². The van der Waals surface area contributed by atoms with E-state index in [-0.39, 0.29) is 6.10 Å². The van der Waals surface area contributed by atoms with Crippen molar-refractivity contribution in [3.05, 3.63) is 35.2 Å². The lowest BCUT2D eigenvalue weighted by Crippen LogP contribution is -2.29. The highest BCUT2D eigenvalue weighted by atomic mass is 32.1. The molecule has 18 heavy (non-hydrogen) atoms. The Balaban J connectivity index is 1.81. The van der Waals surface area contributed by atoms with E-state index in [0.717, 1.165) is 19.6 Å². The number of fused-ring (bicyclic) bond motifs is 1. The second kappa shape index (κ2) is 5.39. The molecule has 2 aromatic rings. The summed E-state index contributed by atoms with van der Waals surface area (Å²) in [5.74, 6) is 0. The highest BCUT2D eigenvalue weighted by Crippen LogP contribution is 2.32. The first-order valence-electron chi connectivity index (χ1n) is 6.70. The third kappa shape index (κ3) is 2.44. The molecule has 0 radical (unpaired) electrons. The fourth-order valence-electron chi connectivity index (χ4n) is 2.48. The molecule has 1 aliphatic heterocycles. The second-order valence-electron chi connectivity index (χ2n) is 4.85. The predicted molar refractivity (Wildman–Crippen MR) is 77.2 cm³/mol. The van der Waals surface area contributed by atoms with Crippen molar-refractivity contribution in [2.45, 2.75) is 31.9 Å². The van der Waals surface area contributed by atoms with E-state index in [1.807, 2.05) is 11.3 Å². The number of hydrogen-bond acceptors (Lipinski definition) is 3. The van der Waals surface area contributed by atoms with Gasteiger partial charge in [-0.2, -0.15) is 0 Å². The van der Waals surface area contributed by atoms with Gasteiger partial charge in [0.2, 0.25) is 0 Å². The molecule has 1 aliphatic rings. The first-order valence-corrected chi connectivity index (χ1v) is 7.52. The van der Waals surface area contributed by atoms with E-state index in [2.05, 4.69) is 42.6 Å². The van der Waals surface area contributed by atoms with Crippen LogP contribution in [0.2, 0.25) is 0 Å². The molecule has 3 rings (SSSR count). The van der Waals surface area contributed by atoms with E-state index in [0.29, 0.717) is 6.04 Å². The number of ether oxygens (including phenoxy) is 1. The van der Waals surface area contributed by atoms with Crippen LogP contribution in [0.5, 0.6) is 0 Å². The first kappa shape index (κ1) is 12.2. The maximum Gasteiger partial charge on any atom is 0.104 e. The summed E-state index contributed by atoms with van der Waals surface area (Å²) in [5.41, 5.74) is 0. The summed E-state index contributed by atoms with van der Waals surface area (Å²) in [5, 5.41) is 4.94. The molecule has 96 valence electrons. The van der Waals surface area contributed by atoms with Gasteiger partial charge in [-0.05, 0) is 30.4 Å². The summed E-state index contributed by atoms with van der Waals surface area (Å²) in [6.45, 7) is 4.03.